The number of hydrogen-bond acceptors (Lipinski definition) is 3. The second-order valence-electron chi connectivity index (χ2n) is 3.77. The first kappa shape index (κ1) is 12.3. The van der Waals surface area contributed by atoms with Gasteiger partial charge in [0.25, 0.3) is 0 Å². The molecule has 6 nitrogen and oxygen atoms in total. The average Bonchev–Trinajstić information content (AvgIpc) is 2.41. The number of hydrogen-bond donors (Lipinski definition) is 4. The highest BCUT2D eigenvalue weighted by atomic mass is 16.4. The lowest BCUT2D eigenvalue weighted by Crippen LogP contribution is -2.20. The Morgan fingerprint density at radius 1 is 1.38 bits per heavy atom. The number of carbonyl (C=O) groups is 2. The van der Waals surface area contributed by atoms with Crippen molar-refractivity contribution in [2.75, 3.05) is 0 Å². The minimum Gasteiger partial charge on any atom is -0.478 e. The molecule has 0 aliphatic heterocycles. The van der Waals surface area contributed by atoms with Crippen molar-refractivity contribution >= 4 is 11.9 Å². The number of H-pyrrole nitrogens is 1. The van der Waals surface area contributed by atoms with Gasteiger partial charge in [-0.1, -0.05) is 0 Å². The SMILES string of the molecule is Cc1[nH]c(C(=O)O)c(CC(C)N)c1C(=O)O. The lowest BCUT2D eigenvalue weighted by atomic mass is 10.0. The van der Waals surface area contributed by atoms with E-state index in [-0.39, 0.29) is 29.3 Å². The monoisotopic (exact) mass is 226 g/mol. The van der Waals surface area contributed by atoms with Crippen LogP contribution in [0.25, 0.3) is 0 Å². The van der Waals surface area contributed by atoms with Gasteiger partial charge in [-0.25, -0.2) is 9.59 Å². The first-order valence-electron chi connectivity index (χ1n) is 4.78. The molecule has 5 N–H and O–H groups in total. The number of carboxylic acid groups (broad SMARTS) is 2. The Hall–Kier alpha value is -1.82. The van der Waals surface area contributed by atoms with Crippen LogP contribution in [-0.2, 0) is 6.42 Å². The highest BCUT2D eigenvalue weighted by Crippen LogP contribution is 2.20. The fourth-order valence-electron chi connectivity index (χ4n) is 1.67. The number of aromatic amines is 1. The molecule has 0 radical (unpaired) electrons. The van der Waals surface area contributed by atoms with Gasteiger partial charge in [-0.05, 0) is 20.3 Å². The van der Waals surface area contributed by atoms with Crippen molar-refractivity contribution < 1.29 is 19.8 Å². The zero-order chi connectivity index (χ0) is 12.5. The van der Waals surface area contributed by atoms with Crippen molar-refractivity contribution in [1.82, 2.24) is 4.98 Å². The van der Waals surface area contributed by atoms with Gasteiger partial charge >= 0.3 is 11.9 Å². The molecule has 1 unspecified atom stereocenters. The summed E-state index contributed by atoms with van der Waals surface area (Å²) in [6.07, 6.45) is 0.216. The van der Waals surface area contributed by atoms with Crippen LogP contribution in [0.5, 0.6) is 0 Å². The second-order valence-corrected chi connectivity index (χ2v) is 3.77. The smallest absolute Gasteiger partial charge is 0.352 e. The van der Waals surface area contributed by atoms with Crippen LogP contribution in [-0.4, -0.2) is 33.2 Å². The largest absolute Gasteiger partial charge is 0.478 e. The van der Waals surface area contributed by atoms with Gasteiger partial charge in [-0.3, -0.25) is 0 Å². The summed E-state index contributed by atoms with van der Waals surface area (Å²) >= 11 is 0. The molecule has 1 rings (SSSR count). The molecule has 0 fully saturated rings. The molecule has 1 heterocycles. The predicted octanol–water partition coefficient (Wildman–Crippen LogP) is 0.609. The second kappa shape index (κ2) is 4.36. The average molecular weight is 226 g/mol. The summed E-state index contributed by atoms with van der Waals surface area (Å²) in [6.45, 7) is 3.22. The molecule has 0 aliphatic carbocycles. The summed E-state index contributed by atoms with van der Waals surface area (Å²) < 4.78 is 0. The summed E-state index contributed by atoms with van der Waals surface area (Å²) in [6, 6.07) is -0.300. The van der Waals surface area contributed by atoms with Gasteiger partial charge in [0.2, 0.25) is 0 Å². The van der Waals surface area contributed by atoms with Crippen LogP contribution in [0.15, 0.2) is 0 Å². The molecular weight excluding hydrogens is 212 g/mol. The van der Waals surface area contributed by atoms with Gasteiger partial charge in [-0.15, -0.1) is 0 Å². The van der Waals surface area contributed by atoms with Crippen LogP contribution in [0.4, 0.5) is 0 Å². The summed E-state index contributed by atoms with van der Waals surface area (Å²) in [5, 5.41) is 17.9. The van der Waals surface area contributed by atoms with Crippen LogP contribution in [0.3, 0.4) is 0 Å². The van der Waals surface area contributed by atoms with Gasteiger partial charge in [0.05, 0.1) is 5.56 Å². The van der Waals surface area contributed by atoms with Gasteiger partial charge < -0.3 is 20.9 Å². The normalized spacial score (nSPS) is 12.4. The third-order valence-electron chi connectivity index (χ3n) is 2.24. The fraction of sp³-hybridized carbons (Fsp3) is 0.400. The van der Waals surface area contributed by atoms with Crippen molar-refractivity contribution in [3.8, 4) is 0 Å². The Bertz CT molecular complexity index is 434. The van der Waals surface area contributed by atoms with E-state index in [1.54, 1.807) is 6.92 Å². The van der Waals surface area contributed by atoms with E-state index in [0.29, 0.717) is 5.69 Å². The lowest BCUT2D eigenvalue weighted by molar-refractivity contribution is 0.0687. The van der Waals surface area contributed by atoms with Crippen molar-refractivity contribution in [2.24, 2.45) is 5.73 Å². The third-order valence-corrected chi connectivity index (χ3v) is 2.24. The van der Waals surface area contributed by atoms with E-state index in [2.05, 4.69) is 4.98 Å². The van der Waals surface area contributed by atoms with E-state index in [9.17, 15) is 9.59 Å². The molecule has 88 valence electrons. The molecule has 16 heavy (non-hydrogen) atoms. The molecule has 0 saturated carbocycles. The number of aromatic nitrogens is 1. The quantitative estimate of drug-likeness (QED) is 0.600. The molecule has 1 aromatic heterocycles. The summed E-state index contributed by atoms with van der Waals surface area (Å²) in [4.78, 5) is 24.5. The zero-order valence-corrected chi connectivity index (χ0v) is 9.07. The predicted molar refractivity (Wildman–Crippen MR) is 56.8 cm³/mol. The van der Waals surface area contributed by atoms with Crippen molar-refractivity contribution in [3.63, 3.8) is 0 Å². The van der Waals surface area contributed by atoms with Crippen molar-refractivity contribution in [1.29, 1.82) is 0 Å². The summed E-state index contributed by atoms with van der Waals surface area (Å²) in [5.74, 6) is -2.32. The van der Waals surface area contributed by atoms with Crippen LogP contribution < -0.4 is 5.73 Å². The molecule has 0 bridgehead atoms. The highest BCUT2D eigenvalue weighted by Gasteiger charge is 2.24. The maximum Gasteiger partial charge on any atom is 0.352 e. The minimum absolute atomic E-state index is 0.00898. The maximum absolute atomic E-state index is 11.0. The van der Waals surface area contributed by atoms with E-state index in [0.717, 1.165) is 0 Å². The number of aromatic carboxylic acids is 2. The van der Waals surface area contributed by atoms with Crippen LogP contribution in [0, 0.1) is 6.92 Å². The Balaban J connectivity index is 3.36. The van der Waals surface area contributed by atoms with E-state index in [1.807, 2.05) is 0 Å². The number of nitrogens with one attached hydrogen (secondary N) is 1. The summed E-state index contributed by atoms with van der Waals surface area (Å²) in [5.41, 5.74) is 6.08. The maximum atomic E-state index is 11.0. The third kappa shape index (κ3) is 2.22. The van der Waals surface area contributed by atoms with Gasteiger partial charge in [0.15, 0.2) is 0 Å². The molecule has 1 atom stereocenters. The molecule has 0 aromatic carbocycles. The topological polar surface area (TPSA) is 116 Å². The van der Waals surface area contributed by atoms with Crippen LogP contribution in [0.1, 0.15) is 39.0 Å². The number of nitrogens with two attached hydrogens (primary N) is 1. The van der Waals surface area contributed by atoms with Crippen molar-refractivity contribution in [3.05, 3.63) is 22.5 Å². The Kier molecular flexibility index (Phi) is 3.34. The fourth-order valence-corrected chi connectivity index (χ4v) is 1.67. The zero-order valence-electron chi connectivity index (χ0n) is 9.07. The Morgan fingerprint density at radius 3 is 2.31 bits per heavy atom. The molecular formula is C10H14N2O4. The first-order valence-corrected chi connectivity index (χ1v) is 4.78. The minimum atomic E-state index is -1.17. The van der Waals surface area contributed by atoms with Gasteiger partial charge in [0.1, 0.15) is 5.69 Å². The van der Waals surface area contributed by atoms with Crippen LogP contribution >= 0.6 is 0 Å². The number of aryl methyl sites for hydroxylation is 1. The van der Waals surface area contributed by atoms with Gasteiger partial charge in [-0.2, -0.15) is 0 Å². The van der Waals surface area contributed by atoms with Gasteiger partial charge in [0, 0.05) is 17.3 Å². The van der Waals surface area contributed by atoms with E-state index < -0.39 is 11.9 Å². The molecule has 0 saturated heterocycles. The lowest BCUT2D eigenvalue weighted by Gasteiger charge is -2.06. The number of carboxylic acids is 2. The molecule has 0 spiro atoms. The van der Waals surface area contributed by atoms with E-state index in [4.69, 9.17) is 15.9 Å². The molecule has 6 heteroatoms. The van der Waals surface area contributed by atoms with E-state index >= 15 is 0 Å². The number of rotatable bonds is 4. The molecule has 1 aromatic rings. The standard InChI is InChI=1S/C10H14N2O4/c1-4(11)3-6-7(9(13)14)5(2)12-8(6)10(15)16/h4,12H,3,11H2,1-2H3,(H,13,14)(H,15,16). The van der Waals surface area contributed by atoms with E-state index in [1.165, 1.54) is 6.92 Å². The Morgan fingerprint density at radius 2 is 1.94 bits per heavy atom. The molecule has 0 aliphatic rings. The Labute approximate surface area is 92.1 Å². The van der Waals surface area contributed by atoms with Crippen LogP contribution in [0.2, 0.25) is 0 Å². The summed E-state index contributed by atoms with van der Waals surface area (Å²) in [7, 11) is 0. The van der Waals surface area contributed by atoms with Crippen molar-refractivity contribution in [2.45, 2.75) is 26.3 Å². The highest BCUT2D eigenvalue weighted by molar-refractivity contribution is 5.97. The first-order chi connectivity index (χ1) is 7.34. The molecule has 0 amide bonds.